The topological polar surface area (TPSA) is 79.1 Å². The number of nitrogens with one attached hydrogen (secondary N) is 1. The van der Waals surface area contributed by atoms with Crippen LogP contribution in [-0.4, -0.2) is 43.6 Å². The van der Waals surface area contributed by atoms with Gasteiger partial charge in [0.15, 0.2) is 10.1 Å². The Bertz CT molecular complexity index is 1070. The van der Waals surface area contributed by atoms with E-state index >= 15 is 0 Å². The molecule has 1 aliphatic rings. The fourth-order valence-electron chi connectivity index (χ4n) is 2.81. The number of hydrazone groups is 1. The van der Waals surface area contributed by atoms with Gasteiger partial charge in [-0.15, -0.1) is 23.0 Å². The maximum atomic E-state index is 12.4. The van der Waals surface area contributed by atoms with Gasteiger partial charge in [-0.25, -0.2) is 10.4 Å². The molecule has 0 saturated carbocycles. The number of fused-ring (bicyclic) bond motifs is 1. The number of nitrogens with zero attached hydrogens (tertiary/aromatic N) is 4. The maximum Gasteiger partial charge on any atom is 0.246 e. The van der Waals surface area contributed by atoms with Crippen molar-refractivity contribution in [3.05, 3.63) is 60.3 Å². The van der Waals surface area contributed by atoms with Crippen LogP contribution in [-0.2, 0) is 16.0 Å². The first kappa shape index (κ1) is 18.5. The summed E-state index contributed by atoms with van der Waals surface area (Å²) in [4.78, 5) is 31.1. The van der Waals surface area contributed by atoms with Crippen molar-refractivity contribution in [1.82, 2.24) is 19.7 Å². The van der Waals surface area contributed by atoms with Crippen molar-refractivity contribution in [2.24, 2.45) is 5.10 Å². The summed E-state index contributed by atoms with van der Waals surface area (Å²) in [5.74, 6) is 0.0373. The second-order valence-corrected chi connectivity index (χ2v) is 7.84. The summed E-state index contributed by atoms with van der Waals surface area (Å²) in [7, 11) is 0. The molecule has 1 aliphatic heterocycles. The van der Waals surface area contributed by atoms with Crippen molar-refractivity contribution in [3.8, 4) is 11.3 Å². The number of amides is 2. The number of thiazole rings is 1. The number of thioether (sulfide) groups is 1. The van der Waals surface area contributed by atoms with Crippen molar-refractivity contribution >= 4 is 45.0 Å². The fourth-order valence-corrected chi connectivity index (χ4v) is 4.53. The molecule has 4 rings (SSSR count). The quantitative estimate of drug-likeness (QED) is 0.500. The third-order valence-electron chi connectivity index (χ3n) is 4.14. The first-order chi connectivity index (χ1) is 13.7. The van der Waals surface area contributed by atoms with E-state index in [1.165, 1.54) is 28.0 Å². The number of hydrogen-bond acceptors (Lipinski definition) is 6. The molecule has 0 unspecified atom stereocenters. The minimum absolute atomic E-state index is 0.0377. The van der Waals surface area contributed by atoms with Crippen LogP contribution in [0.4, 0.5) is 0 Å². The van der Waals surface area contributed by atoms with Gasteiger partial charge in [-0.2, -0.15) is 0 Å². The van der Waals surface area contributed by atoms with E-state index in [1.54, 1.807) is 6.08 Å². The van der Waals surface area contributed by atoms with E-state index in [0.29, 0.717) is 17.5 Å². The zero-order valence-corrected chi connectivity index (χ0v) is 16.5. The Kier molecular flexibility index (Phi) is 5.27. The molecule has 28 heavy (non-hydrogen) atoms. The first-order valence-corrected chi connectivity index (χ1v) is 10.4. The van der Waals surface area contributed by atoms with Crippen LogP contribution < -0.4 is 5.43 Å². The van der Waals surface area contributed by atoms with Crippen LogP contribution in [0.2, 0.25) is 0 Å². The van der Waals surface area contributed by atoms with E-state index in [0.717, 1.165) is 21.9 Å². The van der Waals surface area contributed by atoms with Crippen molar-refractivity contribution < 1.29 is 9.59 Å². The second-order valence-electron chi connectivity index (χ2n) is 6.06. The molecule has 7 nitrogen and oxygen atoms in total. The van der Waals surface area contributed by atoms with Crippen LogP contribution in [0.3, 0.4) is 0 Å². The van der Waals surface area contributed by atoms with E-state index in [1.807, 2.05) is 46.3 Å². The van der Waals surface area contributed by atoms with E-state index in [4.69, 9.17) is 0 Å². The zero-order valence-electron chi connectivity index (χ0n) is 14.9. The molecule has 0 radical (unpaired) electrons. The number of amidine groups is 1. The molecule has 2 aromatic heterocycles. The highest BCUT2D eigenvalue weighted by Gasteiger charge is 2.27. The number of rotatable bonds is 6. The lowest BCUT2D eigenvalue weighted by atomic mass is 10.2. The number of hydrogen-bond donors (Lipinski definition) is 1. The molecule has 9 heteroatoms. The maximum absolute atomic E-state index is 12.4. The highest BCUT2D eigenvalue weighted by atomic mass is 32.2. The van der Waals surface area contributed by atoms with Gasteiger partial charge in [0.05, 0.1) is 17.9 Å². The summed E-state index contributed by atoms with van der Waals surface area (Å²) in [6, 6.07) is 9.91. The smallest absolute Gasteiger partial charge is 0.246 e. The van der Waals surface area contributed by atoms with Gasteiger partial charge in [-0.05, 0) is 0 Å². The molecule has 1 N–H and O–H groups in total. The lowest BCUT2D eigenvalue weighted by Crippen LogP contribution is -2.32. The van der Waals surface area contributed by atoms with Crippen LogP contribution in [0.15, 0.2) is 59.7 Å². The Morgan fingerprint density at radius 1 is 1.36 bits per heavy atom. The van der Waals surface area contributed by atoms with E-state index in [-0.39, 0.29) is 18.2 Å². The summed E-state index contributed by atoms with van der Waals surface area (Å²) in [6.45, 7) is 4.02. The van der Waals surface area contributed by atoms with Gasteiger partial charge in [0, 0.05) is 29.4 Å². The Labute approximate surface area is 169 Å². The molecular formula is C19H17N5O2S2. The molecule has 0 atom stereocenters. The Morgan fingerprint density at radius 2 is 2.18 bits per heavy atom. The van der Waals surface area contributed by atoms with Gasteiger partial charge in [-0.1, -0.05) is 48.2 Å². The molecule has 0 spiro atoms. The van der Waals surface area contributed by atoms with Crippen LogP contribution in [0.25, 0.3) is 16.2 Å². The predicted octanol–water partition coefficient (Wildman–Crippen LogP) is 2.75. The third-order valence-corrected chi connectivity index (χ3v) is 5.99. The number of benzene rings is 1. The summed E-state index contributed by atoms with van der Waals surface area (Å²) in [5.41, 5.74) is 5.29. The Hall–Kier alpha value is -2.91. The number of carbonyl (C=O) groups excluding carboxylic acids is 2. The van der Waals surface area contributed by atoms with Crippen molar-refractivity contribution in [1.29, 1.82) is 0 Å². The van der Waals surface area contributed by atoms with E-state index < -0.39 is 0 Å². The van der Waals surface area contributed by atoms with Crippen molar-refractivity contribution in [2.75, 3.05) is 12.3 Å². The third kappa shape index (κ3) is 3.71. The Morgan fingerprint density at radius 3 is 2.96 bits per heavy atom. The molecule has 1 aromatic carbocycles. The molecule has 1 saturated heterocycles. The van der Waals surface area contributed by atoms with Crippen LogP contribution in [0.5, 0.6) is 0 Å². The highest BCUT2D eigenvalue weighted by Crippen LogP contribution is 2.24. The van der Waals surface area contributed by atoms with Gasteiger partial charge < -0.3 is 0 Å². The summed E-state index contributed by atoms with van der Waals surface area (Å²) in [6.07, 6.45) is 3.74. The zero-order chi connectivity index (χ0) is 19.5. The first-order valence-electron chi connectivity index (χ1n) is 8.57. The van der Waals surface area contributed by atoms with Crippen LogP contribution >= 0.6 is 23.1 Å². The molecule has 0 bridgehead atoms. The van der Waals surface area contributed by atoms with E-state index in [2.05, 4.69) is 22.1 Å². The molecule has 3 heterocycles. The lowest BCUT2D eigenvalue weighted by Gasteiger charge is -2.12. The van der Waals surface area contributed by atoms with E-state index in [9.17, 15) is 9.59 Å². The number of imidazole rings is 1. The van der Waals surface area contributed by atoms with Crippen molar-refractivity contribution in [2.45, 2.75) is 6.42 Å². The second kappa shape index (κ2) is 7.99. The summed E-state index contributed by atoms with van der Waals surface area (Å²) >= 11 is 2.79. The minimum atomic E-state index is -0.249. The monoisotopic (exact) mass is 411 g/mol. The largest absolute Gasteiger partial charge is 0.294 e. The van der Waals surface area contributed by atoms with Crippen LogP contribution in [0, 0.1) is 0 Å². The molecule has 1 fully saturated rings. The normalized spacial score (nSPS) is 15.5. The van der Waals surface area contributed by atoms with Gasteiger partial charge in [-0.3, -0.25) is 18.9 Å². The summed E-state index contributed by atoms with van der Waals surface area (Å²) < 4.78 is 1.93. The predicted molar refractivity (Wildman–Crippen MR) is 112 cm³/mol. The molecule has 142 valence electrons. The van der Waals surface area contributed by atoms with Gasteiger partial charge in [0.1, 0.15) is 0 Å². The standard InChI is InChI=1S/C19H17N5O2S2/c1-2-8-23-17(26)12-28-19(23)22-21-16(25)9-14-11-27-18-20-15(10-24(14)18)13-6-4-3-5-7-13/h2-7,10-11H,1,8-9,12H2,(H,21,25)/b22-19-. The molecule has 3 aromatic rings. The Balaban J connectivity index is 1.47. The van der Waals surface area contributed by atoms with Gasteiger partial charge >= 0.3 is 0 Å². The number of aromatic nitrogens is 2. The highest BCUT2D eigenvalue weighted by molar-refractivity contribution is 8.15. The SMILES string of the molecule is C=CCN1C(=O)CS/C1=N\NC(=O)Cc1csc2nc(-c3ccccc3)cn12. The summed E-state index contributed by atoms with van der Waals surface area (Å²) in [5, 5.41) is 6.51. The van der Waals surface area contributed by atoms with Gasteiger partial charge in [0.25, 0.3) is 0 Å². The molecule has 0 aliphatic carbocycles. The molecule has 2 amide bonds. The lowest BCUT2D eigenvalue weighted by molar-refractivity contribution is -0.124. The van der Waals surface area contributed by atoms with Crippen molar-refractivity contribution in [3.63, 3.8) is 0 Å². The molecular weight excluding hydrogens is 394 g/mol. The van der Waals surface area contributed by atoms with Gasteiger partial charge in [0.2, 0.25) is 11.8 Å². The average molecular weight is 412 g/mol. The number of carbonyl (C=O) groups is 2. The fraction of sp³-hybridized carbons (Fsp3) is 0.158. The minimum Gasteiger partial charge on any atom is -0.294 e. The van der Waals surface area contributed by atoms with Crippen LogP contribution in [0.1, 0.15) is 5.69 Å². The average Bonchev–Trinajstić information content (AvgIpc) is 3.38.